The first-order valence-corrected chi connectivity index (χ1v) is 6.03. The van der Waals surface area contributed by atoms with Gasteiger partial charge in [0.15, 0.2) is 0 Å². The summed E-state index contributed by atoms with van der Waals surface area (Å²) in [5.41, 5.74) is 2.04. The summed E-state index contributed by atoms with van der Waals surface area (Å²) in [6.45, 7) is 0. The van der Waals surface area contributed by atoms with Crippen molar-refractivity contribution >= 4 is 0 Å². The highest BCUT2D eigenvalue weighted by Crippen LogP contribution is 2.43. The SMILES string of the molecule is N#Cc1ccc2c(c1)OC1(CCCCC1)C2. The Morgan fingerprint density at radius 2 is 2.00 bits per heavy atom. The lowest BCUT2D eigenvalue weighted by molar-refractivity contribution is 0.0529. The Hall–Kier alpha value is -1.49. The lowest BCUT2D eigenvalue weighted by Crippen LogP contribution is -2.36. The number of hydrogen-bond acceptors (Lipinski definition) is 2. The molecular weight excluding hydrogens is 198 g/mol. The molecule has 0 N–H and O–H groups in total. The molecule has 1 heterocycles. The zero-order chi connectivity index (χ0) is 11.0. The smallest absolute Gasteiger partial charge is 0.124 e. The zero-order valence-corrected chi connectivity index (χ0v) is 9.33. The second kappa shape index (κ2) is 3.52. The molecule has 2 heteroatoms. The first-order chi connectivity index (χ1) is 7.81. The van der Waals surface area contributed by atoms with Crippen LogP contribution in [0.4, 0.5) is 0 Å². The quantitative estimate of drug-likeness (QED) is 0.663. The molecule has 0 bridgehead atoms. The van der Waals surface area contributed by atoms with E-state index in [1.165, 1.54) is 37.7 Å². The standard InChI is InChI=1S/C14H15NO/c15-10-11-4-5-12-9-14(16-13(12)8-11)6-2-1-3-7-14/h4-5,8H,1-3,6-7,9H2. The molecule has 0 radical (unpaired) electrons. The number of benzene rings is 1. The Labute approximate surface area is 95.8 Å². The van der Waals surface area contributed by atoms with Gasteiger partial charge in [0.1, 0.15) is 11.4 Å². The summed E-state index contributed by atoms with van der Waals surface area (Å²) in [6.07, 6.45) is 7.27. The third-order valence-electron chi connectivity index (χ3n) is 3.80. The average Bonchev–Trinajstić information content (AvgIpc) is 2.66. The molecule has 1 aliphatic heterocycles. The molecule has 0 atom stereocenters. The molecule has 1 aromatic carbocycles. The predicted octanol–water partition coefficient (Wildman–Crippen LogP) is 3.20. The van der Waals surface area contributed by atoms with Crippen LogP contribution in [0.5, 0.6) is 5.75 Å². The minimum Gasteiger partial charge on any atom is -0.487 e. The van der Waals surface area contributed by atoms with E-state index in [2.05, 4.69) is 12.1 Å². The van der Waals surface area contributed by atoms with E-state index in [0.29, 0.717) is 5.56 Å². The van der Waals surface area contributed by atoms with Gasteiger partial charge in [0, 0.05) is 6.42 Å². The second-order valence-electron chi connectivity index (χ2n) is 4.96. The number of hydrogen-bond donors (Lipinski definition) is 0. The third-order valence-corrected chi connectivity index (χ3v) is 3.80. The number of ether oxygens (including phenoxy) is 1. The molecule has 1 aliphatic carbocycles. The van der Waals surface area contributed by atoms with Gasteiger partial charge in [0.2, 0.25) is 0 Å². The molecule has 0 amide bonds. The third kappa shape index (κ3) is 1.48. The van der Waals surface area contributed by atoms with Crippen LogP contribution in [0.2, 0.25) is 0 Å². The Bertz CT molecular complexity index is 452. The first-order valence-electron chi connectivity index (χ1n) is 6.03. The molecular formula is C14H15NO. The van der Waals surface area contributed by atoms with Gasteiger partial charge in [0.25, 0.3) is 0 Å². The Kier molecular flexibility index (Phi) is 2.14. The number of nitrogens with zero attached hydrogens (tertiary/aromatic N) is 1. The van der Waals surface area contributed by atoms with E-state index in [9.17, 15) is 0 Å². The van der Waals surface area contributed by atoms with Crippen molar-refractivity contribution in [3.05, 3.63) is 29.3 Å². The van der Waals surface area contributed by atoms with Crippen LogP contribution in [0.1, 0.15) is 43.2 Å². The van der Waals surface area contributed by atoms with Crippen LogP contribution < -0.4 is 4.74 Å². The molecule has 1 fully saturated rings. The maximum Gasteiger partial charge on any atom is 0.124 e. The van der Waals surface area contributed by atoms with Crippen LogP contribution in [-0.4, -0.2) is 5.60 Å². The largest absolute Gasteiger partial charge is 0.487 e. The van der Waals surface area contributed by atoms with Gasteiger partial charge in [-0.25, -0.2) is 0 Å². The predicted molar refractivity (Wildman–Crippen MR) is 61.3 cm³/mol. The van der Waals surface area contributed by atoms with E-state index in [4.69, 9.17) is 10.00 Å². The van der Waals surface area contributed by atoms with E-state index >= 15 is 0 Å². The van der Waals surface area contributed by atoms with Crippen LogP contribution >= 0.6 is 0 Å². The summed E-state index contributed by atoms with van der Waals surface area (Å²) in [5.74, 6) is 0.945. The molecule has 0 unspecified atom stereocenters. The highest BCUT2D eigenvalue weighted by Gasteiger charge is 2.40. The molecule has 1 aromatic rings. The maximum atomic E-state index is 8.87. The lowest BCUT2D eigenvalue weighted by Gasteiger charge is -2.32. The van der Waals surface area contributed by atoms with E-state index < -0.39 is 0 Å². The fourth-order valence-corrected chi connectivity index (χ4v) is 2.96. The molecule has 1 spiro atoms. The number of fused-ring (bicyclic) bond motifs is 1. The van der Waals surface area contributed by atoms with E-state index in [1.807, 2.05) is 12.1 Å². The number of rotatable bonds is 0. The van der Waals surface area contributed by atoms with E-state index in [-0.39, 0.29) is 5.60 Å². The van der Waals surface area contributed by atoms with Crippen molar-refractivity contribution in [1.82, 2.24) is 0 Å². The summed E-state index contributed by atoms with van der Waals surface area (Å²) in [5, 5.41) is 8.87. The molecule has 0 saturated heterocycles. The average molecular weight is 213 g/mol. The molecule has 2 aliphatic rings. The molecule has 16 heavy (non-hydrogen) atoms. The fourth-order valence-electron chi connectivity index (χ4n) is 2.96. The minimum atomic E-state index is 0.0641. The summed E-state index contributed by atoms with van der Waals surface area (Å²) < 4.78 is 6.13. The Morgan fingerprint density at radius 1 is 1.19 bits per heavy atom. The minimum absolute atomic E-state index is 0.0641. The summed E-state index contributed by atoms with van der Waals surface area (Å²) in [7, 11) is 0. The fraction of sp³-hybridized carbons (Fsp3) is 0.500. The van der Waals surface area contributed by atoms with Crippen molar-refractivity contribution in [2.75, 3.05) is 0 Å². The second-order valence-corrected chi connectivity index (χ2v) is 4.96. The van der Waals surface area contributed by atoms with Gasteiger partial charge in [0.05, 0.1) is 11.6 Å². The molecule has 2 nitrogen and oxygen atoms in total. The Balaban J connectivity index is 1.91. The van der Waals surface area contributed by atoms with Crippen molar-refractivity contribution in [1.29, 1.82) is 5.26 Å². The highest BCUT2D eigenvalue weighted by atomic mass is 16.5. The first kappa shape index (κ1) is 9.72. The maximum absolute atomic E-state index is 8.87. The summed E-state index contributed by atoms with van der Waals surface area (Å²) in [4.78, 5) is 0. The van der Waals surface area contributed by atoms with Gasteiger partial charge in [-0.1, -0.05) is 12.5 Å². The lowest BCUT2D eigenvalue weighted by atomic mass is 9.82. The zero-order valence-electron chi connectivity index (χ0n) is 9.33. The van der Waals surface area contributed by atoms with Gasteiger partial charge < -0.3 is 4.74 Å². The molecule has 3 rings (SSSR count). The molecule has 0 aromatic heterocycles. The van der Waals surface area contributed by atoms with Crippen molar-refractivity contribution in [2.24, 2.45) is 0 Å². The van der Waals surface area contributed by atoms with Gasteiger partial charge in [-0.2, -0.15) is 5.26 Å². The topological polar surface area (TPSA) is 33.0 Å². The monoisotopic (exact) mass is 213 g/mol. The van der Waals surface area contributed by atoms with Gasteiger partial charge in [-0.05, 0) is 43.4 Å². The Morgan fingerprint density at radius 3 is 2.75 bits per heavy atom. The van der Waals surface area contributed by atoms with Crippen LogP contribution in [0.15, 0.2) is 18.2 Å². The summed E-state index contributed by atoms with van der Waals surface area (Å²) in [6, 6.07) is 8.00. The molecule has 1 saturated carbocycles. The molecule has 82 valence electrons. The van der Waals surface area contributed by atoms with Crippen LogP contribution in [0.3, 0.4) is 0 Å². The van der Waals surface area contributed by atoms with Crippen molar-refractivity contribution in [3.8, 4) is 11.8 Å². The summed E-state index contributed by atoms with van der Waals surface area (Å²) >= 11 is 0. The normalized spacial score (nSPS) is 21.2. The van der Waals surface area contributed by atoms with Crippen LogP contribution in [-0.2, 0) is 6.42 Å². The van der Waals surface area contributed by atoms with E-state index in [0.717, 1.165) is 12.2 Å². The van der Waals surface area contributed by atoms with Crippen molar-refractivity contribution in [2.45, 2.75) is 44.1 Å². The van der Waals surface area contributed by atoms with Crippen molar-refractivity contribution < 1.29 is 4.74 Å². The van der Waals surface area contributed by atoms with Gasteiger partial charge in [-0.15, -0.1) is 0 Å². The number of nitriles is 1. The van der Waals surface area contributed by atoms with E-state index in [1.54, 1.807) is 0 Å². The van der Waals surface area contributed by atoms with Gasteiger partial charge in [-0.3, -0.25) is 0 Å². The van der Waals surface area contributed by atoms with Gasteiger partial charge >= 0.3 is 0 Å². The van der Waals surface area contributed by atoms with Crippen molar-refractivity contribution in [3.63, 3.8) is 0 Å². The highest BCUT2D eigenvalue weighted by molar-refractivity contribution is 5.46. The van der Waals surface area contributed by atoms with Crippen LogP contribution in [0, 0.1) is 11.3 Å². The van der Waals surface area contributed by atoms with Crippen LogP contribution in [0.25, 0.3) is 0 Å².